The zero-order valence-electron chi connectivity index (χ0n) is 12.8. The smallest absolute Gasteiger partial charge is 0.223 e. The fourth-order valence-electron chi connectivity index (χ4n) is 2.64. The Kier molecular flexibility index (Phi) is 4.60. The Hall–Kier alpha value is -3.09. The lowest BCUT2D eigenvalue weighted by Crippen LogP contribution is -2.65. The van der Waals surface area contributed by atoms with E-state index in [-0.39, 0.29) is 32.1 Å². The Bertz CT molecular complexity index is 738. The molecule has 0 atom stereocenters. The number of nitroso groups, excluding NO2 is 2. The molecule has 24 heavy (non-hydrogen) atoms. The maximum atomic E-state index is 12.6. The zero-order chi connectivity index (χ0) is 16.9. The summed E-state index contributed by atoms with van der Waals surface area (Å²) in [5, 5.41) is 3.52. The van der Waals surface area contributed by atoms with Crippen molar-refractivity contribution in [2.45, 2.75) is 0 Å². The molecule has 7 heteroatoms. The summed E-state index contributed by atoms with van der Waals surface area (Å²) in [6, 6.07) is 10.6. The summed E-state index contributed by atoms with van der Waals surface area (Å²) < 4.78 is 10.9. The van der Waals surface area contributed by atoms with E-state index < -0.39 is 0 Å². The molecular weight excluding hydrogens is 312 g/mol. The number of carbonyl (C=O) groups is 1. The van der Waals surface area contributed by atoms with Gasteiger partial charge < -0.3 is 9.47 Å². The van der Waals surface area contributed by atoms with Crippen LogP contribution in [0.25, 0.3) is 11.1 Å². The van der Waals surface area contributed by atoms with Crippen LogP contribution in [0.2, 0.25) is 0 Å². The highest BCUT2D eigenvalue weighted by molar-refractivity contribution is 6.22. The van der Waals surface area contributed by atoms with E-state index in [0.29, 0.717) is 22.6 Å². The Balaban J connectivity index is 1.83. The number of hydrogen-bond donors (Lipinski definition) is 2. The third-order valence-corrected chi connectivity index (χ3v) is 3.71. The van der Waals surface area contributed by atoms with Crippen molar-refractivity contribution in [1.29, 1.82) is 0 Å². The number of ketones is 1. The molecule has 0 aromatic heterocycles. The summed E-state index contributed by atoms with van der Waals surface area (Å²) >= 11 is 0. The maximum absolute atomic E-state index is 12.6. The van der Waals surface area contributed by atoms with Crippen LogP contribution in [0.15, 0.2) is 36.4 Å². The fraction of sp³-hybridized carbons (Fsp3) is 0.235. The fourth-order valence-corrected chi connectivity index (χ4v) is 2.64. The summed E-state index contributed by atoms with van der Waals surface area (Å²) in [5.74, 6) is 0.992. The summed E-state index contributed by atoms with van der Waals surface area (Å²) in [4.78, 5) is 33.1. The lowest BCUT2D eigenvalue weighted by atomic mass is 10.1. The second kappa shape index (κ2) is 6.99. The summed E-state index contributed by atoms with van der Waals surface area (Å²) in [7, 11) is 0. The summed E-state index contributed by atoms with van der Waals surface area (Å²) in [6.45, 7) is 0.832. The van der Waals surface area contributed by atoms with Crippen LogP contribution in [0.1, 0.15) is 15.9 Å². The van der Waals surface area contributed by atoms with Crippen molar-refractivity contribution >= 4 is 5.78 Å². The van der Waals surface area contributed by atoms with Gasteiger partial charge in [-0.25, -0.2) is 0 Å². The first-order valence-electron chi connectivity index (χ1n) is 7.53. The molecule has 0 saturated carbocycles. The number of carbonyl (C=O) groups excluding carboxylic acids is 1. The standard InChI is InChI=1S/C17H14N2O5/c20-17-15-9-11(23-7-5-18-21)1-3-13(15)14-4-2-12(10-16(14)17)24-8-6-19-22/h1-4,9-10H,5-8H2/p+2. The van der Waals surface area contributed by atoms with Crippen LogP contribution in [-0.4, -0.2) is 32.1 Å². The first kappa shape index (κ1) is 15.8. The molecule has 2 aromatic rings. The Morgan fingerprint density at radius 2 is 1.17 bits per heavy atom. The molecule has 0 bridgehead atoms. The molecule has 1 aliphatic carbocycles. The van der Waals surface area contributed by atoms with Gasteiger partial charge in [0.1, 0.15) is 11.5 Å². The molecule has 0 saturated heterocycles. The van der Waals surface area contributed by atoms with Crippen molar-refractivity contribution in [3.8, 4) is 22.6 Å². The van der Waals surface area contributed by atoms with Crippen LogP contribution in [0.4, 0.5) is 0 Å². The van der Waals surface area contributed by atoms with Gasteiger partial charge in [0.25, 0.3) is 0 Å². The second-order valence-electron chi connectivity index (χ2n) is 5.23. The van der Waals surface area contributed by atoms with Gasteiger partial charge in [-0.1, -0.05) is 0 Å². The molecule has 0 amide bonds. The molecule has 0 fully saturated rings. The molecule has 0 aliphatic heterocycles. The minimum absolute atomic E-state index is 0.0974. The van der Waals surface area contributed by atoms with E-state index in [4.69, 9.17) is 9.47 Å². The van der Waals surface area contributed by atoms with Crippen LogP contribution >= 0.6 is 0 Å². The molecule has 0 unspecified atom stereocenters. The van der Waals surface area contributed by atoms with Crippen LogP contribution in [0.3, 0.4) is 0 Å². The minimum atomic E-state index is -0.0974. The van der Waals surface area contributed by atoms with Crippen molar-refractivity contribution in [1.82, 2.24) is 0 Å². The molecule has 1 aliphatic rings. The van der Waals surface area contributed by atoms with Crippen molar-refractivity contribution in [2.75, 3.05) is 26.3 Å². The van der Waals surface area contributed by atoms with Gasteiger partial charge in [0.15, 0.2) is 19.0 Å². The molecule has 122 valence electrons. The molecule has 0 radical (unpaired) electrons. The van der Waals surface area contributed by atoms with E-state index >= 15 is 0 Å². The minimum Gasteiger partial charge on any atom is -0.487 e. The maximum Gasteiger partial charge on any atom is 0.223 e. The van der Waals surface area contributed by atoms with E-state index in [9.17, 15) is 14.6 Å². The third-order valence-electron chi connectivity index (χ3n) is 3.71. The van der Waals surface area contributed by atoms with Gasteiger partial charge in [0.05, 0.1) is 0 Å². The summed E-state index contributed by atoms with van der Waals surface area (Å²) in [6.07, 6.45) is 0. The van der Waals surface area contributed by atoms with Gasteiger partial charge >= 0.3 is 0 Å². The van der Waals surface area contributed by atoms with E-state index in [1.807, 2.05) is 12.1 Å². The highest BCUT2D eigenvalue weighted by atomic mass is 16.5. The molecule has 2 N–H and O–H groups in total. The topological polar surface area (TPSA) is 97.6 Å². The molecular formula is C17H16N2O5+2. The van der Waals surface area contributed by atoms with Crippen LogP contribution in [-0.2, 0) is 0 Å². The van der Waals surface area contributed by atoms with Crippen molar-refractivity contribution in [3.63, 3.8) is 0 Å². The number of benzene rings is 2. The SMILES string of the molecule is O=[NH+]CCOc1ccc2c(c1)C(=O)c1cc(OCC[NH+]=O)ccc1-2. The lowest BCUT2D eigenvalue weighted by molar-refractivity contribution is -0.482. The van der Waals surface area contributed by atoms with Crippen LogP contribution in [0.5, 0.6) is 11.5 Å². The Morgan fingerprint density at radius 3 is 1.58 bits per heavy atom. The van der Waals surface area contributed by atoms with Crippen molar-refractivity contribution in [3.05, 3.63) is 57.3 Å². The van der Waals surface area contributed by atoms with Gasteiger partial charge in [-0.05, 0) is 57.9 Å². The highest BCUT2D eigenvalue weighted by Crippen LogP contribution is 2.39. The van der Waals surface area contributed by atoms with Gasteiger partial charge in [-0.15, -0.1) is 0 Å². The van der Waals surface area contributed by atoms with Crippen LogP contribution in [0, 0.1) is 9.81 Å². The summed E-state index contributed by atoms with van der Waals surface area (Å²) in [5.41, 5.74) is 2.82. The first-order chi connectivity index (χ1) is 11.7. The third kappa shape index (κ3) is 3.01. The van der Waals surface area contributed by atoms with Gasteiger partial charge in [0, 0.05) is 20.9 Å². The van der Waals surface area contributed by atoms with Gasteiger partial charge in [-0.2, -0.15) is 0 Å². The first-order valence-corrected chi connectivity index (χ1v) is 7.53. The predicted molar refractivity (Wildman–Crippen MR) is 84.7 cm³/mol. The van der Waals surface area contributed by atoms with E-state index in [1.54, 1.807) is 34.6 Å². The van der Waals surface area contributed by atoms with E-state index in [0.717, 1.165) is 11.1 Å². The Morgan fingerprint density at radius 1 is 0.708 bits per heavy atom. The normalized spacial score (nSPS) is 11.6. The number of fused-ring (bicyclic) bond motifs is 3. The Labute approximate surface area is 137 Å². The highest BCUT2D eigenvalue weighted by Gasteiger charge is 2.27. The quantitative estimate of drug-likeness (QED) is 0.536. The van der Waals surface area contributed by atoms with Gasteiger partial charge in [-0.3, -0.25) is 4.79 Å². The monoisotopic (exact) mass is 328 g/mol. The van der Waals surface area contributed by atoms with Crippen LogP contribution < -0.4 is 19.8 Å². The number of hydrogen-bond acceptors (Lipinski definition) is 5. The molecule has 3 rings (SSSR count). The average molecular weight is 328 g/mol. The number of nitrogens with one attached hydrogen (secondary N) is 2. The number of ether oxygens (including phenoxy) is 2. The molecule has 0 spiro atoms. The zero-order valence-corrected chi connectivity index (χ0v) is 12.8. The second-order valence-corrected chi connectivity index (χ2v) is 5.23. The molecule has 2 aromatic carbocycles. The molecule has 7 nitrogen and oxygen atoms in total. The molecule has 0 heterocycles. The lowest BCUT2D eigenvalue weighted by Gasteiger charge is -2.05. The van der Waals surface area contributed by atoms with E-state index in [1.165, 1.54) is 0 Å². The van der Waals surface area contributed by atoms with Gasteiger partial charge in [0.2, 0.25) is 13.1 Å². The largest absolute Gasteiger partial charge is 0.487 e. The van der Waals surface area contributed by atoms with E-state index in [2.05, 4.69) is 0 Å². The van der Waals surface area contributed by atoms with Crippen molar-refractivity contribution in [2.24, 2.45) is 0 Å². The number of rotatable bonds is 8. The predicted octanol–water partition coefficient (Wildman–Crippen LogP) is -0.650. The van der Waals surface area contributed by atoms with Crippen molar-refractivity contribution < 1.29 is 24.6 Å². The average Bonchev–Trinajstić information content (AvgIpc) is 2.88.